The van der Waals surface area contributed by atoms with E-state index in [1.54, 1.807) is 66.4 Å². The van der Waals surface area contributed by atoms with Gasteiger partial charge in [0.2, 0.25) is 0 Å². The van der Waals surface area contributed by atoms with Crippen molar-refractivity contribution < 1.29 is 27.9 Å². The number of nitrogens with two attached hydrogens (primary N) is 1. The zero-order chi connectivity index (χ0) is 35.3. The highest BCUT2D eigenvalue weighted by molar-refractivity contribution is 7.92. The first kappa shape index (κ1) is 35.4. The van der Waals surface area contributed by atoms with Crippen LogP contribution in [0.5, 0.6) is 5.75 Å². The fourth-order valence-corrected chi connectivity index (χ4v) is 6.74. The van der Waals surface area contributed by atoms with Crippen molar-refractivity contribution in [2.24, 2.45) is 5.92 Å². The van der Waals surface area contributed by atoms with Gasteiger partial charge in [0.1, 0.15) is 11.9 Å². The lowest BCUT2D eigenvalue weighted by molar-refractivity contribution is 0.0341. The highest BCUT2D eigenvalue weighted by Crippen LogP contribution is 2.31. The van der Waals surface area contributed by atoms with Crippen molar-refractivity contribution in [2.45, 2.75) is 44.4 Å². The fourth-order valence-electron chi connectivity index (χ4n) is 5.69. The monoisotopic (exact) mass is 685 g/mol. The third-order valence-corrected chi connectivity index (χ3v) is 10.0. The minimum Gasteiger partial charge on any atom is -0.488 e. The first-order chi connectivity index (χ1) is 23.3. The van der Waals surface area contributed by atoms with Crippen LogP contribution in [0, 0.1) is 12.8 Å². The van der Waals surface area contributed by atoms with Gasteiger partial charge in [-0.25, -0.2) is 8.42 Å². The molecule has 0 aromatic heterocycles. The number of hydrogen-bond donors (Lipinski definition) is 4. The minimum atomic E-state index is -3.90. The summed E-state index contributed by atoms with van der Waals surface area (Å²) in [6.45, 7) is 6.83. The number of nitrogens with one attached hydrogen (secondary N) is 2. The number of para-hydroxylation sites is 2. The van der Waals surface area contributed by atoms with Crippen molar-refractivity contribution in [3.8, 4) is 5.75 Å². The molecule has 4 aromatic rings. The molecule has 5 rings (SSSR count). The van der Waals surface area contributed by atoms with Gasteiger partial charge in [0.25, 0.3) is 21.8 Å². The molecule has 1 aliphatic heterocycles. The van der Waals surface area contributed by atoms with Gasteiger partial charge in [-0.05, 0) is 81.1 Å². The minimum absolute atomic E-state index is 0.107. The smallest absolute Gasteiger partial charge is 0.261 e. The molecular formula is C37H43N5O6S. The Kier molecular flexibility index (Phi) is 10.9. The molecule has 0 aliphatic carbocycles. The molecule has 49 heavy (non-hydrogen) atoms. The number of carbonyl (C=O) groups excluding carboxylic acids is 2. The molecule has 2 amide bonds. The number of fused-ring (bicyclic) bond motifs is 1. The summed E-state index contributed by atoms with van der Waals surface area (Å²) in [5, 5.41) is 12.9. The third kappa shape index (κ3) is 8.58. The van der Waals surface area contributed by atoms with Crippen LogP contribution in [0.2, 0.25) is 0 Å². The maximum absolute atomic E-state index is 13.8. The van der Waals surface area contributed by atoms with E-state index in [1.165, 1.54) is 18.2 Å². The van der Waals surface area contributed by atoms with Gasteiger partial charge < -0.3 is 25.8 Å². The number of sulfonamides is 1. The average molecular weight is 686 g/mol. The van der Waals surface area contributed by atoms with Crippen LogP contribution in [0.25, 0.3) is 0 Å². The molecule has 0 radical (unpaired) electrons. The Morgan fingerprint density at radius 1 is 1.06 bits per heavy atom. The SMILES string of the molecule is Cc1ccc(S(=O)(=O)Nc2ccc3c(c2)C(=O)N([C@H](C)CO)C[C@@H](C)[C@@H](CN(C)Cc2ccc(C(=O)Nc4ccccc4N)cc2)O3)cc1. The van der Waals surface area contributed by atoms with Crippen molar-refractivity contribution in [1.29, 1.82) is 0 Å². The van der Waals surface area contributed by atoms with Gasteiger partial charge in [0, 0.05) is 36.8 Å². The van der Waals surface area contributed by atoms with E-state index in [0.717, 1.165) is 11.1 Å². The second-order valence-corrected chi connectivity index (χ2v) is 14.4. The maximum Gasteiger partial charge on any atom is 0.261 e. The number of anilines is 3. The van der Waals surface area contributed by atoms with Crippen molar-refractivity contribution in [1.82, 2.24) is 9.80 Å². The molecule has 0 fully saturated rings. The van der Waals surface area contributed by atoms with E-state index in [4.69, 9.17) is 10.5 Å². The Morgan fingerprint density at radius 3 is 2.43 bits per heavy atom. The van der Waals surface area contributed by atoms with Gasteiger partial charge >= 0.3 is 0 Å². The van der Waals surface area contributed by atoms with Crippen molar-refractivity contribution in [2.75, 3.05) is 42.5 Å². The molecule has 0 spiro atoms. The van der Waals surface area contributed by atoms with E-state index < -0.39 is 16.1 Å². The zero-order valence-electron chi connectivity index (χ0n) is 28.1. The van der Waals surface area contributed by atoms with Gasteiger partial charge in [-0.1, -0.05) is 48.9 Å². The molecule has 4 aromatic carbocycles. The number of benzene rings is 4. The fraction of sp³-hybridized carbons (Fsp3) is 0.297. The molecule has 1 aliphatic rings. The number of nitrogens with zero attached hydrogens (tertiary/aromatic N) is 2. The van der Waals surface area contributed by atoms with Gasteiger partial charge in [-0.2, -0.15) is 0 Å². The van der Waals surface area contributed by atoms with E-state index in [1.807, 2.05) is 39.1 Å². The number of aryl methyl sites for hydroxylation is 1. The lowest BCUT2D eigenvalue weighted by Gasteiger charge is -2.38. The highest BCUT2D eigenvalue weighted by Gasteiger charge is 2.34. The standard InChI is InChI=1S/C37H43N5O6S/c1-24-9-16-30(17-10-24)49(46,47)40-29-15-18-34-31(19-29)37(45)42(26(3)23-43)20-25(2)35(48-34)22-41(4)21-27-11-13-28(14-12-27)36(44)39-33-8-6-5-7-32(33)38/h5-19,25-26,35,40,43H,20-23,38H2,1-4H3,(H,39,44)/t25-,26-,35-/m1/s1. The van der Waals surface area contributed by atoms with Crippen LogP contribution in [-0.2, 0) is 16.6 Å². The van der Waals surface area contributed by atoms with E-state index in [2.05, 4.69) is 14.9 Å². The van der Waals surface area contributed by atoms with Gasteiger partial charge in [-0.3, -0.25) is 19.2 Å². The molecule has 258 valence electrons. The highest BCUT2D eigenvalue weighted by atomic mass is 32.2. The predicted octanol–water partition coefficient (Wildman–Crippen LogP) is 4.98. The third-order valence-electron chi connectivity index (χ3n) is 8.62. The van der Waals surface area contributed by atoms with Gasteiger partial charge in [-0.15, -0.1) is 0 Å². The summed E-state index contributed by atoms with van der Waals surface area (Å²) in [6, 6.07) is 25.1. The number of likely N-dealkylation sites (N-methyl/N-ethyl adjacent to an activating group) is 1. The topological polar surface area (TPSA) is 154 Å². The molecule has 0 saturated heterocycles. The lowest BCUT2D eigenvalue weighted by Crippen LogP contribution is -2.49. The van der Waals surface area contributed by atoms with Crippen molar-refractivity contribution in [3.63, 3.8) is 0 Å². The van der Waals surface area contributed by atoms with E-state index in [-0.39, 0.29) is 46.6 Å². The summed E-state index contributed by atoms with van der Waals surface area (Å²) in [5.74, 6) is -0.385. The average Bonchev–Trinajstić information content (AvgIpc) is 3.07. The second-order valence-electron chi connectivity index (χ2n) is 12.7. The lowest BCUT2D eigenvalue weighted by atomic mass is 9.99. The Balaban J connectivity index is 1.32. The number of amides is 2. The predicted molar refractivity (Wildman–Crippen MR) is 191 cm³/mol. The van der Waals surface area contributed by atoms with Crippen LogP contribution in [0.4, 0.5) is 17.1 Å². The first-order valence-electron chi connectivity index (χ1n) is 16.1. The Bertz CT molecular complexity index is 1900. The van der Waals surface area contributed by atoms with Crippen molar-refractivity contribution >= 4 is 38.9 Å². The number of hydrogen-bond acceptors (Lipinski definition) is 8. The molecule has 3 atom stereocenters. The largest absolute Gasteiger partial charge is 0.488 e. The number of rotatable bonds is 11. The normalized spacial score (nSPS) is 17.0. The summed E-state index contributed by atoms with van der Waals surface area (Å²) < 4.78 is 35.3. The van der Waals surface area contributed by atoms with Crippen LogP contribution < -0.4 is 20.5 Å². The summed E-state index contributed by atoms with van der Waals surface area (Å²) in [4.78, 5) is 30.4. The van der Waals surface area contributed by atoms with E-state index in [9.17, 15) is 23.1 Å². The van der Waals surface area contributed by atoms with Gasteiger partial charge in [0.05, 0.1) is 34.5 Å². The molecule has 1 heterocycles. The van der Waals surface area contributed by atoms with Crippen LogP contribution >= 0.6 is 0 Å². The summed E-state index contributed by atoms with van der Waals surface area (Å²) in [6.07, 6.45) is -0.346. The van der Waals surface area contributed by atoms with E-state index in [0.29, 0.717) is 42.3 Å². The number of nitrogen functional groups attached to an aromatic ring is 1. The summed E-state index contributed by atoms with van der Waals surface area (Å²) in [7, 11) is -1.93. The molecule has 0 saturated carbocycles. The molecular weight excluding hydrogens is 643 g/mol. The van der Waals surface area contributed by atoms with Crippen LogP contribution in [0.1, 0.15) is 45.7 Å². The van der Waals surface area contributed by atoms with Crippen LogP contribution in [0.15, 0.2) is 95.9 Å². The van der Waals surface area contributed by atoms with Gasteiger partial charge in [0.15, 0.2) is 0 Å². The Hall–Kier alpha value is -4.91. The van der Waals surface area contributed by atoms with Crippen molar-refractivity contribution in [3.05, 3.63) is 113 Å². The molecule has 5 N–H and O–H groups in total. The summed E-state index contributed by atoms with van der Waals surface area (Å²) in [5.41, 5.74) is 9.86. The summed E-state index contributed by atoms with van der Waals surface area (Å²) >= 11 is 0. The van der Waals surface area contributed by atoms with E-state index >= 15 is 0 Å². The molecule has 0 bridgehead atoms. The number of carbonyl (C=O) groups is 2. The second kappa shape index (κ2) is 15.1. The van der Waals surface area contributed by atoms with Crippen LogP contribution in [0.3, 0.4) is 0 Å². The number of aliphatic hydroxyl groups excluding tert-OH is 1. The zero-order valence-corrected chi connectivity index (χ0v) is 28.9. The maximum atomic E-state index is 13.8. The quantitative estimate of drug-likeness (QED) is 0.161. The molecule has 12 heteroatoms. The Labute approximate surface area is 287 Å². The number of aliphatic hydroxyl groups is 1. The molecule has 11 nitrogen and oxygen atoms in total. The number of ether oxygens (including phenoxy) is 1. The first-order valence-corrected chi connectivity index (χ1v) is 17.6. The molecule has 0 unspecified atom stereocenters. The van der Waals surface area contributed by atoms with Crippen LogP contribution in [-0.4, -0.2) is 74.0 Å². The Morgan fingerprint density at radius 2 is 1.76 bits per heavy atom.